The molecule has 0 fully saturated rings. The molecule has 0 bridgehead atoms. The number of halogens is 1. The largest absolute Gasteiger partial charge is 0.310 e. The van der Waals surface area contributed by atoms with Crippen LogP contribution in [0.1, 0.15) is 55.3 Å². The Bertz CT molecular complexity index is 1030. The van der Waals surface area contributed by atoms with Gasteiger partial charge in [0.1, 0.15) is 5.82 Å². The topological polar surface area (TPSA) is 57.8 Å². The SMILES string of the molecule is CCCC[C@@H]1C[C@H](NCc2ccccc2)Cc2c1nc(-c1ccc(Cl)cc1)[nH]c2=O. The van der Waals surface area contributed by atoms with Crippen molar-refractivity contribution in [2.75, 3.05) is 0 Å². The number of aromatic amines is 1. The molecule has 1 aromatic heterocycles. The zero-order valence-electron chi connectivity index (χ0n) is 17.3. The van der Waals surface area contributed by atoms with Gasteiger partial charge >= 0.3 is 0 Å². The predicted molar refractivity (Wildman–Crippen MR) is 123 cm³/mol. The number of nitrogens with zero attached hydrogens (tertiary/aromatic N) is 1. The Kier molecular flexibility index (Phi) is 6.66. The van der Waals surface area contributed by atoms with Crippen molar-refractivity contribution in [3.8, 4) is 11.4 Å². The average molecular weight is 422 g/mol. The summed E-state index contributed by atoms with van der Waals surface area (Å²) in [5.74, 6) is 0.933. The monoisotopic (exact) mass is 421 g/mol. The molecule has 0 amide bonds. The van der Waals surface area contributed by atoms with Crippen LogP contribution in [0.4, 0.5) is 0 Å². The molecule has 1 heterocycles. The molecule has 156 valence electrons. The predicted octanol–water partition coefficient (Wildman–Crippen LogP) is 5.47. The molecule has 0 aliphatic heterocycles. The van der Waals surface area contributed by atoms with Crippen molar-refractivity contribution in [2.45, 2.75) is 57.5 Å². The third-order valence-electron chi connectivity index (χ3n) is 5.92. The Labute approximate surface area is 182 Å². The average Bonchev–Trinajstić information content (AvgIpc) is 2.77. The van der Waals surface area contributed by atoms with Gasteiger partial charge in [-0.15, -0.1) is 0 Å². The van der Waals surface area contributed by atoms with Crippen molar-refractivity contribution in [1.82, 2.24) is 15.3 Å². The van der Waals surface area contributed by atoms with E-state index in [0.717, 1.165) is 49.0 Å². The molecule has 2 atom stereocenters. The Balaban J connectivity index is 1.61. The summed E-state index contributed by atoms with van der Waals surface area (Å²) in [6, 6.07) is 18.2. The summed E-state index contributed by atoms with van der Waals surface area (Å²) < 4.78 is 0. The summed E-state index contributed by atoms with van der Waals surface area (Å²) in [5.41, 5.74) is 3.95. The summed E-state index contributed by atoms with van der Waals surface area (Å²) in [6.07, 6.45) is 5.06. The number of nitrogens with one attached hydrogen (secondary N) is 2. The number of hydrogen-bond acceptors (Lipinski definition) is 3. The van der Waals surface area contributed by atoms with Crippen molar-refractivity contribution in [2.24, 2.45) is 0 Å². The molecule has 4 rings (SSSR count). The van der Waals surface area contributed by atoms with E-state index in [1.165, 1.54) is 5.56 Å². The van der Waals surface area contributed by atoms with Gasteiger partial charge in [0.15, 0.2) is 0 Å². The fourth-order valence-electron chi connectivity index (χ4n) is 4.30. The van der Waals surface area contributed by atoms with Gasteiger partial charge < -0.3 is 10.3 Å². The minimum atomic E-state index is -0.0161. The first-order valence-corrected chi connectivity index (χ1v) is 11.2. The van der Waals surface area contributed by atoms with Crippen molar-refractivity contribution >= 4 is 11.6 Å². The molecular weight excluding hydrogens is 394 g/mol. The maximum Gasteiger partial charge on any atom is 0.254 e. The van der Waals surface area contributed by atoms with Gasteiger partial charge in [0, 0.05) is 34.7 Å². The molecule has 0 unspecified atom stereocenters. The van der Waals surface area contributed by atoms with Gasteiger partial charge in [-0.3, -0.25) is 4.79 Å². The van der Waals surface area contributed by atoms with Crippen LogP contribution in [0, 0.1) is 0 Å². The molecule has 0 radical (unpaired) electrons. The summed E-state index contributed by atoms with van der Waals surface area (Å²) in [6.45, 7) is 3.02. The molecule has 1 aliphatic carbocycles. The van der Waals surface area contributed by atoms with Gasteiger partial charge in [0.05, 0.1) is 5.69 Å². The standard InChI is InChI=1S/C25H28ClN3O/c1-2-3-9-19-14-21(27-16-17-7-5-4-6-8-17)15-22-23(19)28-24(29-25(22)30)18-10-12-20(26)13-11-18/h4-8,10-13,19,21,27H,2-3,9,14-16H2,1H3,(H,28,29,30)/t19-,21+/m1/s1. The van der Waals surface area contributed by atoms with E-state index in [2.05, 4.69) is 41.5 Å². The molecule has 0 saturated carbocycles. The van der Waals surface area contributed by atoms with Crippen LogP contribution in [-0.2, 0) is 13.0 Å². The lowest BCUT2D eigenvalue weighted by molar-refractivity contribution is 0.384. The van der Waals surface area contributed by atoms with E-state index < -0.39 is 0 Å². The normalized spacial score (nSPS) is 18.2. The fourth-order valence-corrected chi connectivity index (χ4v) is 4.42. The minimum Gasteiger partial charge on any atom is -0.310 e. The molecule has 2 N–H and O–H groups in total. The highest BCUT2D eigenvalue weighted by Crippen LogP contribution is 2.34. The summed E-state index contributed by atoms with van der Waals surface area (Å²) in [7, 11) is 0. The molecule has 2 aromatic carbocycles. The highest BCUT2D eigenvalue weighted by molar-refractivity contribution is 6.30. The number of hydrogen-bond donors (Lipinski definition) is 2. The van der Waals surface area contributed by atoms with Gasteiger partial charge in [-0.25, -0.2) is 4.98 Å². The Hall–Kier alpha value is -2.43. The van der Waals surface area contributed by atoms with Crippen molar-refractivity contribution in [3.63, 3.8) is 0 Å². The first-order chi connectivity index (χ1) is 14.6. The van der Waals surface area contributed by atoms with E-state index >= 15 is 0 Å². The van der Waals surface area contributed by atoms with Crippen LogP contribution in [0.5, 0.6) is 0 Å². The molecule has 5 heteroatoms. The lowest BCUT2D eigenvalue weighted by Crippen LogP contribution is -2.39. The number of H-pyrrole nitrogens is 1. The minimum absolute atomic E-state index is 0.0161. The highest BCUT2D eigenvalue weighted by Gasteiger charge is 2.30. The molecular formula is C25H28ClN3O. The van der Waals surface area contributed by atoms with Crippen LogP contribution in [0.15, 0.2) is 59.4 Å². The Morgan fingerprint density at radius 2 is 1.90 bits per heavy atom. The van der Waals surface area contributed by atoms with E-state index in [4.69, 9.17) is 16.6 Å². The lowest BCUT2D eigenvalue weighted by Gasteiger charge is -2.31. The quantitative estimate of drug-likeness (QED) is 0.531. The summed E-state index contributed by atoms with van der Waals surface area (Å²) in [4.78, 5) is 21.0. The van der Waals surface area contributed by atoms with Crippen molar-refractivity contribution in [1.29, 1.82) is 0 Å². The molecule has 1 aliphatic rings. The molecule has 30 heavy (non-hydrogen) atoms. The zero-order chi connectivity index (χ0) is 20.9. The molecule has 0 saturated heterocycles. The second-order valence-electron chi connectivity index (χ2n) is 8.13. The van der Waals surface area contributed by atoms with E-state index in [1.54, 1.807) is 0 Å². The van der Waals surface area contributed by atoms with Crippen molar-refractivity contribution in [3.05, 3.63) is 86.8 Å². The summed E-state index contributed by atoms with van der Waals surface area (Å²) >= 11 is 6.02. The Morgan fingerprint density at radius 3 is 2.63 bits per heavy atom. The van der Waals surface area contributed by atoms with Crippen LogP contribution in [0.25, 0.3) is 11.4 Å². The smallest absolute Gasteiger partial charge is 0.254 e. The lowest BCUT2D eigenvalue weighted by atomic mass is 9.81. The number of aromatic nitrogens is 2. The molecule has 0 spiro atoms. The van der Waals surface area contributed by atoms with Gasteiger partial charge in [-0.2, -0.15) is 0 Å². The van der Waals surface area contributed by atoms with Crippen LogP contribution < -0.4 is 10.9 Å². The van der Waals surface area contributed by atoms with Crippen LogP contribution in [0.2, 0.25) is 5.02 Å². The third-order valence-corrected chi connectivity index (χ3v) is 6.17. The molecule has 3 aromatic rings. The first-order valence-electron chi connectivity index (χ1n) is 10.8. The van der Waals surface area contributed by atoms with Crippen LogP contribution >= 0.6 is 11.6 Å². The fraction of sp³-hybridized carbons (Fsp3) is 0.360. The Morgan fingerprint density at radius 1 is 1.13 bits per heavy atom. The number of rotatable bonds is 7. The number of unbranched alkanes of at least 4 members (excludes halogenated alkanes) is 1. The van der Waals surface area contributed by atoms with Gasteiger partial charge in [-0.1, -0.05) is 61.7 Å². The highest BCUT2D eigenvalue weighted by atomic mass is 35.5. The molecule has 4 nitrogen and oxygen atoms in total. The second-order valence-corrected chi connectivity index (χ2v) is 8.56. The summed E-state index contributed by atoms with van der Waals surface area (Å²) in [5, 5.41) is 4.34. The van der Waals surface area contributed by atoms with E-state index in [1.807, 2.05) is 30.3 Å². The zero-order valence-corrected chi connectivity index (χ0v) is 18.1. The van der Waals surface area contributed by atoms with Gasteiger partial charge in [0.25, 0.3) is 5.56 Å². The van der Waals surface area contributed by atoms with E-state index in [-0.39, 0.29) is 11.6 Å². The van der Waals surface area contributed by atoms with Crippen molar-refractivity contribution < 1.29 is 0 Å². The van der Waals surface area contributed by atoms with Crippen LogP contribution in [-0.4, -0.2) is 16.0 Å². The second kappa shape index (κ2) is 9.59. The first kappa shape index (κ1) is 20.8. The third kappa shape index (κ3) is 4.82. The number of fused-ring (bicyclic) bond motifs is 1. The van der Waals surface area contributed by atoms with Gasteiger partial charge in [0.2, 0.25) is 0 Å². The van der Waals surface area contributed by atoms with E-state index in [9.17, 15) is 4.79 Å². The maximum absolute atomic E-state index is 13.0. The maximum atomic E-state index is 13.0. The number of benzene rings is 2. The van der Waals surface area contributed by atoms with E-state index in [0.29, 0.717) is 23.2 Å². The van der Waals surface area contributed by atoms with Gasteiger partial charge in [-0.05, 0) is 49.1 Å². The van der Waals surface area contributed by atoms with Crippen LogP contribution in [0.3, 0.4) is 0 Å².